The fourth-order valence-corrected chi connectivity index (χ4v) is 2.03. The van der Waals surface area contributed by atoms with Crippen molar-refractivity contribution in [3.8, 4) is 0 Å². The predicted molar refractivity (Wildman–Crippen MR) is 80.6 cm³/mol. The van der Waals surface area contributed by atoms with E-state index in [1.807, 2.05) is 0 Å². The molecule has 0 aliphatic carbocycles. The molecule has 0 spiro atoms. The van der Waals surface area contributed by atoms with Gasteiger partial charge in [-0.15, -0.1) is 0 Å². The number of hydrogen-bond acceptors (Lipinski definition) is 5. The van der Waals surface area contributed by atoms with Crippen LogP contribution in [-0.2, 0) is 11.3 Å². The van der Waals surface area contributed by atoms with Gasteiger partial charge in [-0.25, -0.2) is 9.37 Å². The molecule has 0 aliphatic rings. The monoisotopic (exact) mass is 319 g/mol. The Hall–Kier alpha value is -3.03. The number of carboxylic acids is 1. The van der Waals surface area contributed by atoms with E-state index in [1.165, 1.54) is 24.3 Å². The molecule has 2 aromatic rings. The van der Waals surface area contributed by atoms with Gasteiger partial charge in [-0.2, -0.15) is 0 Å². The van der Waals surface area contributed by atoms with Crippen LogP contribution in [0.25, 0.3) is 0 Å². The number of hydrogen-bond donors (Lipinski definition) is 1. The Morgan fingerprint density at radius 3 is 2.70 bits per heavy atom. The molecule has 0 saturated carbocycles. The number of nitro groups is 1. The molecule has 0 saturated heterocycles. The van der Waals surface area contributed by atoms with Crippen LogP contribution in [0.1, 0.15) is 12.0 Å². The van der Waals surface area contributed by atoms with E-state index < -0.39 is 16.7 Å². The van der Waals surface area contributed by atoms with Gasteiger partial charge in [0.2, 0.25) is 0 Å². The van der Waals surface area contributed by atoms with Crippen molar-refractivity contribution in [3.05, 3.63) is 64.1 Å². The zero-order valence-corrected chi connectivity index (χ0v) is 12.1. The van der Waals surface area contributed by atoms with E-state index in [2.05, 4.69) is 4.98 Å². The molecule has 8 heteroatoms. The molecule has 1 N–H and O–H groups in total. The molecule has 1 aromatic carbocycles. The van der Waals surface area contributed by atoms with Crippen molar-refractivity contribution in [2.75, 3.05) is 11.4 Å². The van der Waals surface area contributed by atoms with Crippen molar-refractivity contribution >= 4 is 17.5 Å². The number of halogens is 1. The Balaban J connectivity index is 2.22. The minimum atomic E-state index is -0.976. The minimum Gasteiger partial charge on any atom is -0.481 e. The van der Waals surface area contributed by atoms with Crippen molar-refractivity contribution in [2.45, 2.75) is 13.0 Å². The largest absolute Gasteiger partial charge is 0.481 e. The number of anilines is 1. The normalized spacial score (nSPS) is 10.3. The summed E-state index contributed by atoms with van der Waals surface area (Å²) in [4.78, 5) is 26.5. The molecule has 0 unspecified atom stereocenters. The van der Waals surface area contributed by atoms with Crippen LogP contribution in [0.15, 0.2) is 42.6 Å². The lowest BCUT2D eigenvalue weighted by Gasteiger charge is -2.23. The van der Waals surface area contributed by atoms with E-state index in [4.69, 9.17) is 5.11 Å². The summed E-state index contributed by atoms with van der Waals surface area (Å²) in [5.74, 6) is -0.977. The smallest absolute Gasteiger partial charge is 0.305 e. The van der Waals surface area contributed by atoms with Gasteiger partial charge in [0, 0.05) is 19.2 Å². The maximum Gasteiger partial charge on any atom is 0.305 e. The number of rotatable bonds is 7. The Morgan fingerprint density at radius 1 is 1.35 bits per heavy atom. The Kier molecular flexibility index (Phi) is 5.19. The van der Waals surface area contributed by atoms with E-state index in [9.17, 15) is 19.3 Å². The zero-order valence-electron chi connectivity index (χ0n) is 12.1. The second-order valence-electron chi connectivity index (χ2n) is 4.83. The Labute approximate surface area is 131 Å². The topological polar surface area (TPSA) is 96.6 Å². The molecule has 0 aliphatic heterocycles. The summed E-state index contributed by atoms with van der Waals surface area (Å²) in [6.07, 6.45) is 0.975. The van der Waals surface area contributed by atoms with Crippen molar-refractivity contribution in [3.63, 3.8) is 0 Å². The number of pyridine rings is 1. The highest BCUT2D eigenvalue weighted by atomic mass is 19.1. The predicted octanol–water partition coefficient (Wildman–Crippen LogP) is 2.61. The van der Waals surface area contributed by atoms with E-state index in [-0.39, 0.29) is 25.2 Å². The second kappa shape index (κ2) is 7.30. The first-order chi connectivity index (χ1) is 11.0. The summed E-state index contributed by atoms with van der Waals surface area (Å²) >= 11 is 0. The Bertz CT molecular complexity index is 706. The average Bonchev–Trinajstić information content (AvgIpc) is 2.51. The molecule has 1 aromatic heterocycles. The van der Waals surface area contributed by atoms with Gasteiger partial charge in [0.1, 0.15) is 17.8 Å². The summed E-state index contributed by atoms with van der Waals surface area (Å²) in [6.45, 7) is 0.395. The Morgan fingerprint density at radius 2 is 2.13 bits per heavy atom. The maximum absolute atomic E-state index is 13.3. The molecule has 0 bridgehead atoms. The van der Waals surface area contributed by atoms with Crippen molar-refractivity contribution in [1.29, 1.82) is 0 Å². The first kappa shape index (κ1) is 16.3. The van der Waals surface area contributed by atoms with Gasteiger partial charge in [-0.1, -0.05) is 12.1 Å². The lowest BCUT2D eigenvalue weighted by molar-refractivity contribution is -0.385. The van der Waals surface area contributed by atoms with Gasteiger partial charge in [0.25, 0.3) is 5.69 Å². The fourth-order valence-electron chi connectivity index (χ4n) is 2.03. The molecule has 2 rings (SSSR count). The van der Waals surface area contributed by atoms with Crippen LogP contribution < -0.4 is 4.90 Å². The fraction of sp³-hybridized carbons (Fsp3) is 0.200. The quantitative estimate of drug-likeness (QED) is 0.622. The van der Waals surface area contributed by atoms with Crippen LogP contribution in [0.4, 0.5) is 15.9 Å². The lowest BCUT2D eigenvalue weighted by Crippen LogP contribution is -2.26. The first-order valence-electron chi connectivity index (χ1n) is 6.77. The maximum atomic E-state index is 13.3. The van der Waals surface area contributed by atoms with Crippen LogP contribution in [0.2, 0.25) is 0 Å². The van der Waals surface area contributed by atoms with Gasteiger partial charge < -0.3 is 10.0 Å². The van der Waals surface area contributed by atoms with E-state index in [1.54, 1.807) is 17.0 Å². The van der Waals surface area contributed by atoms with Gasteiger partial charge in [-0.05, 0) is 23.8 Å². The van der Waals surface area contributed by atoms with Crippen molar-refractivity contribution < 1.29 is 19.2 Å². The highest BCUT2D eigenvalue weighted by Crippen LogP contribution is 2.19. The third-order valence-corrected chi connectivity index (χ3v) is 3.13. The van der Waals surface area contributed by atoms with Crippen LogP contribution in [-0.4, -0.2) is 27.5 Å². The number of carboxylic acid groups (broad SMARTS) is 1. The summed E-state index contributed by atoms with van der Waals surface area (Å²) in [6, 6.07) is 8.67. The zero-order chi connectivity index (χ0) is 16.8. The summed E-state index contributed by atoms with van der Waals surface area (Å²) in [7, 11) is 0. The number of carbonyl (C=O) groups is 1. The van der Waals surface area contributed by atoms with Crippen LogP contribution >= 0.6 is 0 Å². The summed E-state index contributed by atoms with van der Waals surface area (Å²) in [5, 5.41) is 19.5. The summed E-state index contributed by atoms with van der Waals surface area (Å²) in [5.41, 5.74) is 0.494. The van der Waals surface area contributed by atoms with Gasteiger partial charge in [-0.3, -0.25) is 14.9 Å². The van der Waals surface area contributed by atoms with Gasteiger partial charge in [0.05, 0.1) is 11.3 Å². The van der Waals surface area contributed by atoms with E-state index >= 15 is 0 Å². The van der Waals surface area contributed by atoms with Crippen molar-refractivity contribution in [1.82, 2.24) is 4.98 Å². The molecule has 1 heterocycles. The third kappa shape index (κ3) is 4.73. The summed E-state index contributed by atoms with van der Waals surface area (Å²) < 4.78 is 13.3. The van der Waals surface area contributed by atoms with Crippen molar-refractivity contribution in [2.24, 2.45) is 0 Å². The molecule has 0 radical (unpaired) electrons. The number of nitrogens with zero attached hydrogens (tertiary/aromatic N) is 3. The third-order valence-electron chi connectivity index (χ3n) is 3.13. The number of aromatic nitrogens is 1. The van der Waals surface area contributed by atoms with E-state index in [0.29, 0.717) is 11.4 Å². The molecule has 7 nitrogen and oxygen atoms in total. The minimum absolute atomic E-state index is 0.131. The number of benzene rings is 1. The van der Waals surface area contributed by atoms with Crippen LogP contribution in [0.3, 0.4) is 0 Å². The molecule has 23 heavy (non-hydrogen) atoms. The molecule has 0 fully saturated rings. The highest BCUT2D eigenvalue weighted by molar-refractivity contribution is 5.67. The second-order valence-corrected chi connectivity index (χ2v) is 4.83. The van der Waals surface area contributed by atoms with E-state index in [0.717, 1.165) is 6.20 Å². The lowest BCUT2D eigenvalue weighted by atomic mass is 10.2. The van der Waals surface area contributed by atoms with Gasteiger partial charge >= 0.3 is 5.97 Å². The highest BCUT2D eigenvalue weighted by Gasteiger charge is 2.13. The standard InChI is InChI=1S/C15H14FN3O4/c16-12-3-1-2-11(8-12)10-18(7-6-15(20)21)14-5-4-13(9-17-14)19(22)23/h1-5,8-9H,6-7,10H2,(H,20,21). The first-order valence-corrected chi connectivity index (χ1v) is 6.77. The van der Waals surface area contributed by atoms with Crippen LogP contribution in [0.5, 0.6) is 0 Å². The number of aliphatic carboxylic acids is 1. The molecular formula is C15H14FN3O4. The SMILES string of the molecule is O=C(O)CCN(Cc1cccc(F)c1)c1ccc([N+](=O)[O-])cn1. The molecular weight excluding hydrogens is 305 g/mol. The average molecular weight is 319 g/mol. The molecule has 120 valence electrons. The molecule has 0 atom stereocenters. The van der Waals surface area contributed by atoms with Crippen LogP contribution in [0, 0.1) is 15.9 Å². The molecule has 0 amide bonds. The van der Waals surface area contributed by atoms with Gasteiger partial charge in [0.15, 0.2) is 0 Å².